The third-order valence-electron chi connectivity index (χ3n) is 9.61. The van der Waals surface area contributed by atoms with Crippen LogP contribution in [0.15, 0.2) is 182 Å². The van der Waals surface area contributed by atoms with Crippen molar-refractivity contribution in [3.05, 3.63) is 215 Å². The zero-order valence-corrected chi connectivity index (χ0v) is 29.6. The van der Waals surface area contributed by atoms with Crippen LogP contribution in [0.4, 0.5) is 0 Å². The molecule has 0 aliphatic heterocycles. The van der Waals surface area contributed by atoms with Crippen molar-refractivity contribution in [1.29, 1.82) is 0 Å². The SMILES string of the molecule is COC(=O)C[C@@H](c1ccccc1)[C@@H](OCOCc1ccccc1)[C@H](CCOC(c1ccccc1)(c1ccccc1)c1ccccc1)c1ccccc1. The average Bonchev–Trinajstić information content (AvgIpc) is 3.22. The van der Waals surface area contributed by atoms with Gasteiger partial charge in [-0.3, -0.25) is 4.79 Å². The fourth-order valence-electron chi connectivity index (χ4n) is 7.09. The van der Waals surface area contributed by atoms with Crippen LogP contribution in [0, 0.1) is 0 Å². The molecule has 264 valence electrons. The van der Waals surface area contributed by atoms with Crippen LogP contribution < -0.4 is 0 Å². The van der Waals surface area contributed by atoms with E-state index in [1.807, 2.05) is 84.9 Å². The maximum Gasteiger partial charge on any atom is 0.306 e. The van der Waals surface area contributed by atoms with Crippen molar-refractivity contribution in [2.75, 3.05) is 20.5 Å². The summed E-state index contributed by atoms with van der Waals surface area (Å²) in [6, 6.07) is 61.7. The van der Waals surface area contributed by atoms with Crippen molar-refractivity contribution >= 4 is 5.97 Å². The van der Waals surface area contributed by atoms with Gasteiger partial charge in [-0.2, -0.15) is 0 Å². The first-order valence-electron chi connectivity index (χ1n) is 17.9. The van der Waals surface area contributed by atoms with Crippen molar-refractivity contribution in [3.8, 4) is 0 Å². The summed E-state index contributed by atoms with van der Waals surface area (Å²) < 4.78 is 25.4. The molecule has 0 N–H and O–H groups in total. The van der Waals surface area contributed by atoms with Crippen LogP contribution in [0.3, 0.4) is 0 Å². The van der Waals surface area contributed by atoms with Crippen LogP contribution in [0.2, 0.25) is 0 Å². The van der Waals surface area contributed by atoms with Crippen LogP contribution in [0.1, 0.15) is 58.1 Å². The Balaban J connectivity index is 1.38. The number of carbonyl (C=O) groups excluding carboxylic acids is 1. The Hall–Kier alpha value is -5.33. The third-order valence-corrected chi connectivity index (χ3v) is 9.61. The number of carbonyl (C=O) groups is 1. The summed E-state index contributed by atoms with van der Waals surface area (Å²) in [6.45, 7) is 0.854. The normalized spacial score (nSPS) is 13.2. The fraction of sp³-hybridized carbons (Fsp3) is 0.213. The largest absolute Gasteiger partial charge is 0.469 e. The maximum absolute atomic E-state index is 13.1. The standard InChI is InChI=1S/C47H46O5/c1-49-45(48)34-44(39-24-12-4-13-25-39)46(51-36-50-35-37-20-8-2-9-21-37)43(38-22-10-3-11-23-38)32-33-52-47(40-26-14-5-15-27-40,41-28-16-6-17-29-41)42-30-18-7-19-31-42/h2-31,43-44,46H,32-36H2,1H3/t43-,44+,46+/m1/s1. The molecule has 0 unspecified atom stereocenters. The van der Waals surface area contributed by atoms with Crippen molar-refractivity contribution in [2.24, 2.45) is 0 Å². The summed E-state index contributed by atoms with van der Waals surface area (Å²) in [7, 11) is 1.43. The van der Waals surface area contributed by atoms with Crippen LogP contribution in [0.25, 0.3) is 0 Å². The first-order valence-corrected chi connectivity index (χ1v) is 17.9. The Kier molecular flexibility index (Phi) is 13.2. The minimum atomic E-state index is -0.870. The molecule has 5 nitrogen and oxygen atoms in total. The Labute approximate surface area is 307 Å². The van der Waals surface area contributed by atoms with Gasteiger partial charge in [0, 0.05) is 18.4 Å². The van der Waals surface area contributed by atoms with Gasteiger partial charge in [0.1, 0.15) is 12.4 Å². The molecule has 0 aliphatic rings. The van der Waals surface area contributed by atoms with Crippen LogP contribution in [-0.2, 0) is 35.9 Å². The van der Waals surface area contributed by atoms with Gasteiger partial charge in [-0.05, 0) is 39.8 Å². The zero-order valence-electron chi connectivity index (χ0n) is 29.6. The number of benzene rings is 6. The topological polar surface area (TPSA) is 54.0 Å². The molecule has 6 aromatic rings. The molecule has 0 heterocycles. The molecule has 0 aromatic heterocycles. The Morgan fingerprint density at radius 1 is 0.558 bits per heavy atom. The summed E-state index contributed by atoms with van der Waals surface area (Å²) in [4.78, 5) is 13.1. The highest BCUT2D eigenvalue weighted by atomic mass is 16.7. The van der Waals surface area contributed by atoms with E-state index in [0.717, 1.165) is 33.4 Å². The monoisotopic (exact) mass is 690 g/mol. The van der Waals surface area contributed by atoms with Gasteiger partial charge >= 0.3 is 5.97 Å². The molecule has 0 amide bonds. The van der Waals surface area contributed by atoms with E-state index in [-0.39, 0.29) is 31.0 Å². The van der Waals surface area contributed by atoms with Gasteiger partial charge in [0.05, 0.1) is 26.2 Å². The third kappa shape index (κ3) is 9.12. The molecule has 0 saturated carbocycles. The predicted molar refractivity (Wildman–Crippen MR) is 206 cm³/mol. The first kappa shape index (κ1) is 36.5. The Bertz CT molecular complexity index is 1790. The van der Waals surface area contributed by atoms with E-state index in [0.29, 0.717) is 19.6 Å². The number of hydrogen-bond acceptors (Lipinski definition) is 5. The number of ether oxygens (including phenoxy) is 4. The molecule has 3 atom stereocenters. The van der Waals surface area contributed by atoms with Crippen LogP contribution in [0.5, 0.6) is 0 Å². The average molecular weight is 691 g/mol. The summed E-state index contributed by atoms with van der Waals surface area (Å²) in [6.07, 6.45) is 0.296. The zero-order chi connectivity index (χ0) is 35.9. The van der Waals surface area contributed by atoms with Gasteiger partial charge in [-0.15, -0.1) is 0 Å². The van der Waals surface area contributed by atoms with Gasteiger partial charge in [-0.25, -0.2) is 0 Å². The van der Waals surface area contributed by atoms with Gasteiger partial charge in [0.2, 0.25) is 0 Å². The van der Waals surface area contributed by atoms with E-state index < -0.39 is 11.7 Å². The van der Waals surface area contributed by atoms with E-state index in [4.69, 9.17) is 18.9 Å². The van der Waals surface area contributed by atoms with Crippen LogP contribution in [-0.4, -0.2) is 32.6 Å². The van der Waals surface area contributed by atoms with E-state index >= 15 is 0 Å². The molecule has 0 saturated heterocycles. The summed E-state index contributed by atoms with van der Waals surface area (Å²) >= 11 is 0. The number of hydrogen-bond donors (Lipinski definition) is 0. The quantitative estimate of drug-likeness (QED) is 0.0389. The highest BCUT2D eigenvalue weighted by molar-refractivity contribution is 5.70. The van der Waals surface area contributed by atoms with E-state index in [1.165, 1.54) is 7.11 Å². The molecular formula is C47H46O5. The number of rotatable bonds is 18. The molecular weight excluding hydrogens is 645 g/mol. The molecule has 0 aliphatic carbocycles. The van der Waals surface area contributed by atoms with Crippen molar-refractivity contribution < 1.29 is 23.7 Å². The highest BCUT2D eigenvalue weighted by Crippen LogP contribution is 2.42. The molecule has 0 bridgehead atoms. The molecule has 52 heavy (non-hydrogen) atoms. The van der Waals surface area contributed by atoms with Crippen molar-refractivity contribution in [1.82, 2.24) is 0 Å². The highest BCUT2D eigenvalue weighted by Gasteiger charge is 2.39. The second-order valence-electron chi connectivity index (χ2n) is 12.8. The summed E-state index contributed by atoms with van der Waals surface area (Å²) in [5.41, 5.74) is 5.40. The van der Waals surface area contributed by atoms with E-state index in [9.17, 15) is 4.79 Å². The number of esters is 1. The second kappa shape index (κ2) is 18.8. The van der Waals surface area contributed by atoms with Gasteiger partial charge < -0.3 is 18.9 Å². The Morgan fingerprint density at radius 3 is 1.44 bits per heavy atom. The maximum atomic E-state index is 13.1. The minimum Gasteiger partial charge on any atom is -0.469 e. The number of methoxy groups -OCH3 is 1. The summed E-state index contributed by atoms with van der Waals surface area (Å²) in [5.74, 6) is -0.787. The Morgan fingerprint density at radius 2 is 0.981 bits per heavy atom. The lowest BCUT2D eigenvalue weighted by atomic mass is 9.78. The molecule has 0 fully saturated rings. The van der Waals surface area contributed by atoms with Gasteiger partial charge in [-0.1, -0.05) is 182 Å². The van der Waals surface area contributed by atoms with Crippen molar-refractivity contribution in [3.63, 3.8) is 0 Å². The lowest BCUT2D eigenvalue weighted by Gasteiger charge is -2.38. The van der Waals surface area contributed by atoms with Crippen molar-refractivity contribution in [2.45, 2.75) is 43.0 Å². The molecule has 5 heteroatoms. The molecule has 0 spiro atoms. The first-order chi connectivity index (χ1) is 25.7. The predicted octanol–water partition coefficient (Wildman–Crippen LogP) is 10.1. The minimum absolute atomic E-state index is 0.0518. The molecule has 6 rings (SSSR count). The van der Waals surface area contributed by atoms with Gasteiger partial charge in [0.15, 0.2) is 0 Å². The lowest BCUT2D eigenvalue weighted by Crippen LogP contribution is -2.36. The van der Waals surface area contributed by atoms with E-state index in [2.05, 4.69) is 97.1 Å². The van der Waals surface area contributed by atoms with Gasteiger partial charge in [0.25, 0.3) is 0 Å². The summed E-state index contributed by atoms with van der Waals surface area (Å²) in [5, 5.41) is 0. The molecule has 0 radical (unpaired) electrons. The molecule has 6 aromatic carbocycles. The lowest BCUT2D eigenvalue weighted by molar-refractivity contribution is -0.145. The fourth-order valence-corrected chi connectivity index (χ4v) is 7.09. The second-order valence-corrected chi connectivity index (χ2v) is 12.8. The van der Waals surface area contributed by atoms with Crippen LogP contribution >= 0.6 is 0 Å². The smallest absolute Gasteiger partial charge is 0.306 e. The van der Waals surface area contributed by atoms with E-state index in [1.54, 1.807) is 0 Å².